The summed E-state index contributed by atoms with van der Waals surface area (Å²) in [6.45, 7) is 1.10. The number of likely N-dealkylation sites (tertiary alicyclic amines) is 1. The minimum absolute atomic E-state index is 0.298. The van der Waals surface area contributed by atoms with Gasteiger partial charge >= 0.3 is 6.09 Å². The summed E-state index contributed by atoms with van der Waals surface area (Å²) in [7, 11) is 0. The molecular formula is C13H15NO3. The smallest absolute Gasteiger partial charge is 0.407 e. The molecule has 1 fully saturated rings. The van der Waals surface area contributed by atoms with Crippen molar-refractivity contribution in [1.29, 1.82) is 0 Å². The number of benzene rings is 1. The maximum absolute atomic E-state index is 10.9. The second-order valence-corrected chi connectivity index (χ2v) is 4.29. The fourth-order valence-corrected chi connectivity index (χ4v) is 2.37. The Balaban J connectivity index is 2.10. The number of rotatable bonds is 2. The molecule has 17 heavy (non-hydrogen) atoms. The van der Waals surface area contributed by atoms with Crippen molar-refractivity contribution in [2.75, 3.05) is 13.1 Å². The molecule has 1 heterocycles. The largest absolute Gasteiger partial charge is 0.465 e. The summed E-state index contributed by atoms with van der Waals surface area (Å²) in [6.07, 6.45) is 1.60. The Hall–Kier alpha value is -1.84. The Bertz CT molecular complexity index is 422. The average molecular weight is 233 g/mol. The van der Waals surface area contributed by atoms with Gasteiger partial charge in [0, 0.05) is 18.7 Å². The summed E-state index contributed by atoms with van der Waals surface area (Å²) < 4.78 is 0. The van der Waals surface area contributed by atoms with Crippen molar-refractivity contribution in [1.82, 2.24) is 4.90 Å². The molecule has 0 atom stereocenters. The van der Waals surface area contributed by atoms with Gasteiger partial charge in [0.2, 0.25) is 0 Å². The summed E-state index contributed by atoms with van der Waals surface area (Å²) in [5, 5.41) is 8.87. The topological polar surface area (TPSA) is 57.6 Å². The van der Waals surface area contributed by atoms with Gasteiger partial charge in [-0.25, -0.2) is 4.79 Å². The molecule has 4 heteroatoms. The van der Waals surface area contributed by atoms with Gasteiger partial charge in [-0.2, -0.15) is 0 Å². The van der Waals surface area contributed by atoms with E-state index in [1.165, 1.54) is 4.90 Å². The zero-order valence-corrected chi connectivity index (χ0v) is 9.50. The van der Waals surface area contributed by atoms with Crippen LogP contribution in [0.1, 0.15) is 34.7 Å². The fourth-order valence-electron chi connectivity index (χ4n) is 2.37. The molecule has 0 aromatic heterocycles. The maximum Gasteiger partial charge on any atom is 0.407 e. The van der Waals surface area contributed by atoms with Crippen LogP contribution >= 0.6 is 0 Å². The SMILES string of the molecule is O=Cc1ccccc1C1CCN(C(=O)O)CC1. The molecule has 1 N–H and O–H groups in total. The first-order valence-electron chi connectivity index (χ1n) is 5.74. The first kappa shape index (κ1) is 11.6. The first-order chi connectivity index (χ1) is 8.22. The van der Waals surface area contributed by atoms with Crippen LogP contribution in [0.5, 0.6) is 0 Å². The van der Waals surface area contributed by atoms with Crippen molar-refractivity contribution in [3.63, 3.8) is 0 Å². The number of carboxylic acid groups (broad SMARTS) is 1. The normalized spacial score (nSPS) is 16.8. The highest BCUT2D eigenvalue weighted by atomic mass is 16.4. The lowest BCUT2D eigenvalue weighted by atomic mass is 9.87. The van der Waals surface area contributed by atoms with Gasteiger partial charge in [0.05, 0.1) is 0 Å². The molecule has 0 radical (unpaired) electrons. The van der Waals surface area contributed by atoms with Crippen LogP contribution in [0.3, 0.4) is 0 Å². The van der Waals surface area contributed by atoms with E-state index in [2.05, 4.69) is 0 Å². The summed E-state index contributed by atoms with van der Waals surface area (Å²) in [5.41, 5.74) is 1.77. The summed E-state index contributed by atoms with van der Waals surface area (Å²) >= 11 is 0. The van der Waals surface area contributed by atoms with E-state index < -0.39 is 6.09 Å². The third kappa shape index (κ3) is 2.46. The van der Waals surface area contributed by atoms with Gasteiger partial charge in [0.15, 0.2) is 0 Å². The molecule has 0 unspecified atom stereocenters. The Kier molecular flexibility index (Phi) is 3.42. The predicted octanol–water partition coefficient (Wildman–Crippen LogP) is 2.36. The second-order valence-electron chi connectivity index (χ2n) is 4.29. The van der Waals surface area contributed by atoms with E-state index in [4.69, 9.17) is 5.11 Å². The molecule has 4 nitrogen and oxygen atoms in total. The van der Waals surface area contributed by atoms with Gasteiger partial charge in [0.1, 0.15) is 6.29 Å². The number of hydrogen-bond donors (Lipinski definition) is 1. The van der Waals surface area contributed by atoms with E-state index in [0.717, 1.165) is 30.3 Å². The Morgan fingerprint density at radius 2 is 1.94 bits per heavy atom. The van der Waals surface area contributed by atoms with Gasteiger partial charge < -0.3 is 10.0 Å². The van der Waals surface area contributed by atoms with Crippen LogP contribution < -0.4 is 0 Å². The first-order valence-corrected chi connectivity index (χ1v) is 5.74. The zero-order valence-electron chi connectivity index (χ0n) is 9.50. The number of amides is 1. The van der Waals surface area contributed by atoms with Crippen molar-refractivity contribution in [3.05, 3.63) is 35.4 Å². The molecule has 0 bridgehead atoms. The molecule has 1 aromatic carbocycles. The van der Waals surface area contributed by atoms with Crippen LogP contribution in [0.25, 0.3) is 0 Å². The molecule has 1 aromatic rings. The van der Waals surface area contributed by atoms with E-state index >= 15 is 0 Å². The lowest BCUT2D eigenvalue weighted by molar-refractivity contribution is 0.111. The van der Waals surface area contributed by atoms with E-state index in [-0.39, 0.29) is 0 Å². The van der Waals surface area contributed by atoms with Crippen molar-refractivity contribution in [3.8, 4) is 0 Å². The van der Waals surface area contributed by atoms with Crippen molar-refractivity contribution >= 4 is 12.4 Å². The lowest BCUT2D eigenvalue weighted by Crippen LogP contribution is -2.36. The van der Waals surface area contributed by atoms with Crippen LogP contribution in [0.2, 0.25) is 0 Å². The third-order valence-corrected chi connectivity index (χ3v) is 3.33. The van der Waals surface area contributed by atoms with Crippen LogP contribution in [-0.2, 0) is 0 Å². The molecular weight excluding hydrogens is 218 g/mol. The van der Waals surface area contributed by atoms with E-state index in [1.807, 2.05) is 24.3 Å². The van der Waals surface area contributed by atoms with Gasteiger partial charge in [-0.1, -0.05) is 24.3 Å². The van der Waals surface area contributed by atoms with Crippen molar-refractivity contribution in [2.45, 2.75) is 18.8 Å². The molecule has 0 saturated carbocycles. The number of carbonyl (C=O) groups excluding carboxylic acids is 1. The standard InChI is InChI=1S/C13H15NO3/c15-9-11-3-1-2-4-12(11)10-5-7-14(8-6-10)13(16)17/h1-4,9-10H,5-8H2,(H,16,17). The minimum atomic E-state index is -0.855. The maximum atomic E-state index is 10.9. The van der Waals surface area contributed by atoms with Crippen LogP contribution in [0.15, 0.2) is 24.3 Å². The van der Waals surface area contributed by atoms with Crippen molar-refractivity contribution in [2.24, 2.45) is 0 Å². The second kappa shape index (κ2) is 4.99. The van der Waals surface area contributed by atoms with E-state index in [9.17, 15) is 9.59 Å². The van der Waals surface area contributed by atoms with Gasteiger partial charge in [0.25, 0.3) is 0 Å². The Morgan fingerprint density at radius 3 is 2.53 bits per heavy atom. The Morgan fingerprint density at radius 1 is 1.29 bits per heavy atom. The molecule has 2 rings (SSSR count). The monoisotopic (exact) mass is 233 g/mol. The Labute approximate surface area is 99.9 Å². The molecule has 1 amide bonds. The number of piperidine rings is 1. The highest BCUT2D eigenvalue weighted by Gasteiger charge is 2.24. The third-order valence-electron chi connectivity index (χ3n) is 3.33. The summed E-state index contributed by atoms with van der Waals surface area (Å²) in [4.78, 5) is 23.2. The molecule has 90 valence electrons. The number of nitrogens with zero attached hydrogens (tertiary/aromatic N) is 1. The lowest BCUT2D eigenvalue weighted by Gasteiger charge is -2.30. The quantitative estimate of drug-likeness (QED) is 0.798. The molecule has 0 aliphatic carbocycles. The number of aldehydes is 1. The minimum Gasteiger partial charge on any atom is -0.465 e. The van der Waals surface area contributed by atoms with E-state index in [0.29, 0.717) is 19.0 Å². The van der Waals surface area contributed by atoms with Gasteiger partial charge in [-0.3, -0.25) is 4.79 Å². The van der Waals surface area contributed by atoms with Crippen LogP contribution in [0, 0.1) is 0 Å². The van der Waals surface area contributed by atoms with Gasteiger partial charge in [-0.15, -0.1) is 0 Å². The molecule has 0 spiro atoms. The highest BCUT2D eigenvalue weighted by molar-refractivity contribution is 5.77. The predicted molar refractivity (Wildman–Crippen MR) is 63.4 cm³/mol. The summed E-state index contributed by atoms with van der Waals surface area (Å²) in [5.74, 6) is 0.298. The van der Waals surface area contributed by atoms with Crippen molar-refractivity contribution < 1.29 is 14.7 Å². The number of hydrogen-bond acceptors (Lipinski definition) is 2. The fraction of sp³-hybridized carbons (Fsp3) is 0.385. The van der Waals surface area contributed by atoms with E-state index in [1.54, 1.807) is 0 Å². The summed E-state index contributed by atoms with van der Waals surface area (Å²) in [6, 6.07) is 7.54. The molecule has 1 saturated heterocycles. The average Bonchev–Trinajstić information content (AvgIpc) is 2.39. The molecule has 1 aliphatic heterocycles. The van der Waals surface area contributed by atoms with Crippen LogP contribution in [-0.4, -0.2) is 35.5 Å². The zero-order chi connectivity index (χ0) is 12.3. The number of carbonyl (C=O) groups is 2. The highest BCUT2D eigenvalue weighted by Crippen LogP contribution is 2.29. The van der Waals surface area contributed by atoms with Crippen LogP contribution in [0.4, 0.5) is 4.79 Å². The molecule has 1 aliphatic rings. The van der Waals surface area contributed by atoms with Gasteiger partial charge in [-0.05, 0) is 24.3 Å².